The number of hydrogen-bond donors (Lipinski definition) is 0. The van der Waals surface area contributed by atoms with Crippen molar-refractivity contribution in [2.75, 3.05) is 0 Å². The van der Waals surface area contributed by atoms with Gasteiger partial charge in [-0.2, -0.15) is 0 Å². The van der Waals surface area contributed by atoms with Crippen LogP contribution in [0.25, 0.3) is 22.3 Å². The first kappa shape index (κ1) is 78.1. The van der Waals surface area contributed by atoms with Crippen LogP contribution in [0.2, 0.25) is 0 Å². The third-order valence-electron chi connectivity index (χ3n) is 17.8. The summed E-state index contributed by atoms with van der Waals surface area (Å²) in [4.78, 5) is 0. The van der Waals surface area contributed by atoms with E-state index in [1.807, 2.05) is 72.8 Å². The SMILES string of the molecule is [Au+].[Au+].[Au+].[Au+].[C-]#Cc1ccc2c(c1)Cc1cc(C#[C-])ccc1-2.[C-]#Cc1ccc2c(c1)Cc1cc(C#[C-])ccc1-2.c1ccc([PH+](c2ccccc2)c2ccccc2[PH+](c2ccccc2)c2ccccc2)cc1.c1ccc([PH+](c2ccccc2)c2ccccc2[PH+](c2ccccc2)c2ccccc2)cc1. The van der Waals surface area contributed by atoms with Crippen molar-refractivity contribution in [1.82, 2.24) is 0 Å². The van der Waals surface area contributed by atoms with Gasteiger partial charge in [-0.15, -0.1) is 70.8 Å². The molecule has 0 atom stereocenters. The summed E-state index contributed by atoms with van der Waals surface area (Å²) in [5.41, 5.74) is 13.1. The van der Waals surface area contributed by atoms with Crippen molar-refractivity contribution < 1.29 is 89.5 Å². The molecule has 0 bridgehead atoms. The zero-order valence-corrected chi connectivity index (χ0v) is 67.9. The monoisotopic (exact) mass is 2110 g/mol. The minimum Gasteiger partial charge on any atom is -0.366 e. The predicted octanol–water partition coefficient (Wildman–Crippen LogP) is 15.6. The molecule has 14 aromatic rings. The molecule has 2 aliphatic rings. The van der Waals surface area contributed by atoms with Gasteiger partial charge in [0.1, 0.15) is 95.3 Å². The fourth-order valence-electron chi connectivity index (χ4n) is 13.3. The summed E-state index contributed by atoms with van der Waals surface area (Å²) in [5, 5.41) is 17.4. The summed E-state index contributed by atoms with van der Waals surface area (Å²) < 4.78 is 0. The molecule has 0 heterocycles. The van der Waals surface area contributed by atoms with E-state index in [1.54, 1.807) is 0 Å². The van der Waals surface area contributed by atoms with Crippen molar-refractivity contribution in [3.8, 4) is 45.9 Å². The minimum atomic E-state index is -1.14. The van der Waals surface area contributed by atoms with Crippen LogP contribution >= 0.6 is 31.7 Å². The maximum absolute atomic E-state index is 7.15. The molecule has 504 valence electrons. The minimum absolute atomic E-state index is 0. The summed E-state index contributed by atoms with van der Waals surface area (Å²) in [6.07, 6.45) is 30.3. The van der Waals surface area contributed by atoms with E-state index < -0.39 is 31.7 Å². The van der Waals surface area contributed by atoms with Gasteiger partial charge in [-0.05, 0) is 156 Å². The third kappa shape index (κ3) is 18.7. The van der Waals surface area contributed by atoms with Gasteiger partial charge in [-0.1, -0.05) is 216 Å². The Labute approximate surface area is 670 Å². The summed E-state index contributed by atoms with van der Waals surface area (Å²) in [6.45, 7) is 0. The predicted molar refractivity (Wildman–Crippen MR) is 428 cm³/mol. The average molecular weight is 2110 g/mol. The molecular weight excluding hydrogens is 2040 g/mol. The normalized spacial score (nSPS) is 10.7. The van der Waals surface area contributed by atoms with Gasteiger partial charge in [0.05, 0.1) is 0 Å². The fraction of sp³-hybridized carbons (Fsp3) is 0.0213. The Morgan fingerprint density at radius 3 is 0.480 bits per heavy atom. The topological polar surface area (TPSA) is 0 Å². The average Bonchev–Trinajstić information content (AvgIpc) is 1.16. The summed E-state index contributed by atoms with van der Waals surface area (Å²) in [7, 11) is -4.56. The van der Waals surface area contributed by atoms with Crippen molar-refractivity contribution in [1.29, 1.82) is 0 Å². The molecule has 14 aromatic carbocycles. The molecular formula is C94H68Au4P4+4. The zero-order chi connectivity index (χ0) is 66.8. The Kier molecular flexibility index (Phi) is 29.9. The first-order valence-corrected chi connectivity index (χ1v) is 38.8. The van der Waals surface area contributed by atoms with Gasteiger partial charge < -0.3 is 25.7 Å². The van der Waals surface area contributed by atoms with Crippen molar-refractivity contribution in [2.45, 2.75) is 12.8 Å². The molecule has 0 nitrogen and oxygen atoms in total. The molecule has 0 saturated heterocycles. The molecule has 16 rings (SSSR count). The Morgan fingerprint density at radius 2 is 0.333 bits per heavy atom. The molecule has 102 heavy (non-hydrogen) atoms. The van der Waals surface area contributed by atoms with E-state index in [0.717, 1.165) is 35.1 Å². The van der Waals surface area contributed by atoms with Crippen LogP contribution in [0.4, 0.5) is 0 Å². The molecule has 2 aliphatic carbocycles. The molecule has 0 aromatic heterocycles. The van der Waals surface area contributed by atoms with Crippen LogP contribution in [0, 0.1) is 49.4 Å². The molecule has 8 heteroatoms. The summed E-state index contributed by atoms with van der Waals surface area (Å²) in [6, 6.07) is 131. The van der Waals surface area contributed by atoms with Crippen LogP contribution in [0.1, 0.15) is 44.5 Å². The second-order valence-corrected chi connectivity index (χ2v) is 33.6. The van der Waals surface area contributed by atoms with E-state index in [-0.39, 0.29) is 89.5 Å². The van der Waals surface area contributed by atoms with Gasteiger partial charge >= 0.3 is 89.5 Å². The Bertz CT molecular complexity index is 4390. The first-order valence-electron chi connectivity index (χ1n) is 32.8. The van der Waals surface area contributed by atoms with Gasteiger partial charge in [-0.25, -0.2) is 0 Å². The standard InChI is InChI=1S/2C30H24P2.2C17H8.4Au/c2*1-5-15-25(16-6-1)31(26-17-7-2-8-18-26)29-23-13-14-24-30(29)32(27-19-9-3-10-20-27)28-21-11-4-12-22-28;2*1-3-12-5-7-16-14(9-12)11-15-10-13(4-2)6-8-17(15)16;;;;/h2*1-24H;2*5-10H,11H2;;;;/q;;2*-2;4*+1/p+4. The smallest absolute Gasteiger partial charge is 0.366 e. The summed E-state index contributed by atoms with van der Waals surface area (Å²) >= 11 is 0. The van der Waals surface area contributed by atoms with E-state index in [1.165, 1.54) is 108 Å². The quantitative estimate of drug-likeness (QED) is 0.0495. The Morgan fingerprint density at radius 1 is 0.186 bits per heavy atom. The first-order chi connectivity index (χ1) is 48.5. The zero-order valence-electron chi connectivity index (χ0n) is 55.3. The van der Waals surface area contributed by atoms with Crippen LogP contribution < -0.4 is 63.7 Å². The van der Waals surface area contributed by atoms with Crippen LogP contribution in [0.5, 0.6) is 0 Å². The second kappa shape index (κ2) is 39.0. The fourth-order valence-corrected chi connectivity index (χ4v) is 25.3. The number of hydrogen-bond acceptors (Lipinski definition) is 0. The van der Waals surface area contributed by atoms with Crippen LogP contribution in [-0.4, -0.2) is 0 Å². The van der Waals surface area contributed by atoms with E-state index >= 15 is 0 Å². The molecule has 0 fully saturated rings. The van der Waals surface area contributed by atoms with Gasteiger partial charge in [0.2, 0.25) is 0 Å². The van der Waals surface area contributed by atoms with Gasteiger partial charge in [0, 0.05) is 0 Å². The molecule has 0 unspecified atom stereocenters. The van der Waals surface area contributed by atoms with Crippen LogP contribution in [0.15, 0.2) is 364 Å². The van der Waals surface area contributed by atoms with E-state index in [4.69, 9.17) is 25.7 Å². The molecule has 0 spiro atoms. The van der Waals surface area contributed by atoms with Crippen molar-refractivity contribution >= 4 is 95.3 Å². The van der Waals surface area contributed by atoms with E-state index in [9.17, 15) is 0 Å². The molecule has 0 radical (unpaired) electrons. The van der Waals surface area contributed by atoms with E-state index in [2.05, 4.69) is 315 Å². The van der Waals surface area contributed by atoms with Gasteiger partial charge in [-0.3, -0.25) is 23.7 Å². The van der Waals surface area contributed by atoms with Crippen LogP contribution in [0.3, 0.4) is 0 Å². The number of benzene rings is 14. The number of fused-ring (bicyclic) bond motifs is 6. The molecule has 0 amide bonds. The summed E-state index contributed by atoms with van der Waals surface area (Å²) in [5.74, 6) is 9.65. The largest absolute Gasteiger partial charge is 1.00 e. The van der Waals surface area contributed by atoms with Crippen LogP contribution in [-0.2, 0) is 102 Å². The van der Waals surface area contributed by atoms with Gasteiger partial charge in [0.15, 0.2) is 0 Å². The maximum atomic E-state index is 7.15. The number of rotatable bonds is 12. The second-order valence-electron chi connectivity index (χ2n) is 23.9. The Balaban J connectivity index is 0.000000162. The van der Waals surface area contributed by atoms with Crippen molar-refractivity contribution in [3.05, 3.63) is 434 Å². The van der Waals surface area contributed by atoms with Crippen molar-refractivity contribution in [3.63, 3.8) is 0 Å². The molecule has 0 saturated carbocycles. The molecule has 0 N–H and O–H groups in total. The molecule has 0 aliphatic heterocycles. The maximum Gasteiger partial charge on any atom is 1.00 e. The third-order valence-corrected chi connectivity index (χ3v) is 29.5. The Hall–Kier alpha value is -8.00. The van der Waals surface area contributed by atoms with Crippen molar-refractivity contribution in [2.24, 2.45) is 0 Å². The van der Waals surface area contributed by atoms with Gasteiger partial charge in [0.25, 0.3) is 0 Å². The van der Waals surface area contributed by atoms with E-state index in [0.29, 0.717) is 0 Å².